The second-order valence-corrected chi connectivity index (χ2v) is 11.3. The third-order valence-electron chi connectivity index (χ3n) is 7.59. The molecule has 1 atom stereocenters. The second-order valence-electron chi connectivity index (χ2n) is 10.3. The molecule has 0 bridgehead atoms. The van der Waals surface area contributed by atoms with Gasteiger partial charge in [-0.1, -0.05) is 61.4 Å². The summed E-state index contributed by atoms with van der Waals surface area (Å²) < 4.78 is 2.00. The summed E-state index contributed by atoms with van der Waals surface area (Å²) in [6, 6.07) is 22.9. The predicted octanol–water partition coefficient (Wildman–Crippen LogP) is 5.83. The molecular weight excluding hydrogens is 492 g/mol. The van der Waals surface area contributed by atoms with Gasteiger partial charge in [0.2, 0.25) is 0 Å². The van der Waals surface area contributed by atoms with Crippen molar-refractivity contribution in [1.29, 1.82) is 0 Å². The van der Waals surface area contributed by atoms with Gasteiger partial charge in [0.15, 0.2) is 5.82 Å². The average Bonchev–Trinajstić information content (AvgIpc) is 3.71. The van der Waals surface area contributed by atoms with E-state index in [1.54, 1.807) is 11.3 Å². The van der Waals surface area contributed by atoms with Gasteiger partial charge >= 0.3 is 0 Å². The van der Waals surface area contributed by atoms with E-state index >= 15 is 0 Å². The monoisotopic (exact) mass is 524 g/mol. The highest BCUT2D eigenvalue weighted by Gasteiger charge is 2.33. The summed E-state index contributed by atoms with van der Waals surface area (Å²) >= 11 is 1.73. The lowest BCUT2D eigenvalue weighted by atomic mass is 10.0. The summed E-state index contributed by atoms with van der Waals surface area (Å²) in [7, 11) is 0. The second kappa shape index (κ2) is 11.0. The average molecular weight is 525 g/mol. The third-order valence-corrected chi connectivity index (χ3v) is 8.45. The van der Waals surface area contributed by atoms with Gasteiger partial charge in [-0.15, -0.1) is 16.4 Å². The number of rotatable bonds is 9. The number of tetrazole rings is 1. The number of pyridine rings is 1. The topological polar surface area (TPSA) is 79.7 Å². The molecule has 0 amide bonds. The molecule has 3 aromatic heterocycles. The first-order valence-corrected chi connectivity index (χ1v) is 14.3. The molecule has 1 aliphatic rings. The van der Waals surface area contributed by atoms with E-state index < -0.39 is 0 Å². The quantitative estimate of drug-likeness (QED) is 0.262. The number of hydrogen-bond donors (Lipinski definition) is 1. The number of H-pyrrole nitrogens is 1. The van der Waals surface area contributed by atoms with Crippen LogP contribution in [0, 0.1) is 6.92 Å². The molecule has 0 spiro atoms. The van der Waals surface area contributed by atoms with Gasteiger partial charge in [0.1, 0.15) is 6.04 Å². The largest absolute Gasteiger partial charge is 0.322 e. The van der Waals surface area contributed by atoms with Crippen LogP contribution in [-0.4, -0.2) is 36.6 Å². The highest BCUT2D eigenvalue weighted by atomic mass is 32.1. The number of nitrogens with zero attached hydrogens (tertiary/aromatic N) is 5. The van der Waals surface area contributed by atoms with Crippen LogP contribution >= 0.6 is 11.3 Å². The Kier molecular flexibility index (Phi) is 7.16. The zero-order valence-corrected chi connectivity index (χ0v) is 22.4. The Morgan fingerprint density at radius 2 is 1.92 bits per heavy atom. The molecule has 8 heteroatoms. The van der Waals surface area contributed by atoms with Gasteiger partial charge in [0.25, 0.3) is 5.56 Å². The molecule has 2 aromatic carbocycles. The molecule has 38 heavy (non-hydrogen) atoms. The van der Waals surface area contributed by atoms with Crippen molar-refractivity contribution in [3.05, 3.63) is 110 Å². The van der Waals surface area contributed by atoms with E-state index in [9.17, 15) is 4.79 Å². The van der Waals surface area contributed by atoms with Crippen molar-refractivity contribution in [2.45, 2.75) is 57.7 Å². The first-order chi connectivity index (χ1) is 18.7. The van der Waals surface area contributed by atoms with Gasteiger partial charge < -0.3 is 4.98 Å². The summed E-state index contributed by atoms with van der Waals surface area (Å²) in [5.41, 5.74) is 3.82. The molecule has 0 saturated heterocycles. The smallest absolute Gasteiger partial charge is 0.253 e. The van der Waals surface area contributed by atoms with E-state index in [4.69, 9.17) is 0 Å². The van der Waals surface area contributed by atoms with Crippen LogP contribution in [0.3, 0.4) is 0 Å². The molecule has 0 radical (unpaired) electrons. The zero-order valence-electron chi connectivity index (χ0n) is 21.6. The van der Waals surface area contributed by atoms with Crippen LogP contribution in [0.5, 0.6) is 0 Å². The first kappa shape index (κ1) is 24.7. The van der Waals surface area contributed by atoms with E-state index in [0.717, 1.165) is 48.1 Å². The Bertz CT molecular complexity index is 1550. The molecule has 0 unspecified atom stereocenters. The SMILES string of the molecule is Cc1ccc2cc([C@H](c3nnnn3C3CCCC3)N(CCc3ccccc3)Cc3cccs3)c(=O)[nH]c2c1. The van der Waals surface area contributed by atoms with Gasteiger partial charge in [-0.3, -0.25) is 9.69 Å². The van der Waals surface area contributed by atoms with Crippen molar-refractivity contribution in [1.82, 2.24) is 30.1 Å². The number of nitrogens with one attached hydrogen (secondary N) is 1. The zero-order chi connectivity index (χ0) is 25.9. The number of benzene rings is 2. The van der Waals surface area contributed by atoms with Crippen LogP contribution < -0.4 is 5.56 Å². The van der Waals surface area contributed by atoms with E-state index in [2.05, 4.69) is 79.3 Å². The molecule has 1 saturated carbocycles. The Balaban J connectivity index is 1.48. The molecule has 1 aliphatic carbocycles. The van der Waals surface area contributed by atoms with E-state index in [0.29, 0.717) is 12.1 Å². The molecule has 1 fully saturated rings. The first-order valence-electron chi connectivity index (χ1n) is 13.4. The van der Waals surface area contributed by atoms with E-state index in [1.165, 1.54) is 23.3 Å². The van der Waals surface area contributed by atoms with Crippen LogP contribution in [0.15, 0.2) is 76.9 Å². The lowest BCUT2D eigenvalue weighted by Crippen LogP contribution is -2.36. The summed E-state index contributed by atoms with van der Waals surface area (Å²) in [5.74, 6) is 0.749. The normalized spacial score (nSPS) is 15.0. The Hall–Kier alpha value is -3.62. The standard InChI is InChI=1S/C30H32N6OS/c1-21-13-14-23-19-26(30(37)31-27(23)18-21)28(29-32-33-34-36(29)24-10-5-6-11-24)35(20-25-12-7-17-38-25)16-15-22-8-3-2-4-9-22/h2-4,7-9,12-14,17-19,24,28H,5-6,10-11,15-16,20H2,1H3,(H,31,37)/t28-/m1/s1. The van der Waals surface area contributed by atoms with Gasteiger partial charge in [-0.2, -0.15) is 0 Å². The maximum absolute atomic E-state index is 13.7. The molecule has 5 aromatic rings. The number of aromatic nitrogens is 5. The fourth-order valence-electron chi connectivity index (χ4n) is 5.64. The number of aryl methyl sites for hydroxylation is 1. The molecule has 0 aliphatic heterocycles. The minimum Gasteiger partial charge on any atom is -0.322 e. The van der Waals surface area contributed by atoms with Gasteiger partial charge in [-0.25, -0.2) is 4.68 Å². The highest BCUT2D eigenvalue weighted by molar-refractivity contribution is 7.09. The maximum atomic E-state index is 13.7. The summed E-state index contributed by atoms with van der Waals surface area (Å²) in [6.45, 7) is 3.50. The molecule has 3 heterocycles. The molecular formula is C30H32N6OS. The Labute approximate surface area is 226 Å². The molecule has 7 nitrogen and oxygen atoms in total. The van der Waals surface area contributed by atoms with Crippen molar-refractivity contribution in [3.8, 4) is 0 Å². The molecule has 194 valence electrons. The molecule has 6 rings (SSSR count). The summed E-state index contributed by atoms with van der Waals surface area (Å²) in [5, 5.41) is 16.3. The van der Waals surface area contributed by atoms with E-state index in [1.807, 2.05) is 29.8 Å². The van der Waals surface area contributed by atoms with Gasteiger partial charge in [0.05, 0.1) is 6.04 Å². The molecule has 1 N–H and O–H groups in total. The lowest BCUT2D eigenvalue weighted by Gasteiger charge is -2.31. The number of aromatic amines is 1. The summed E-state index contributed by atoms with van der Waals surface area (Å²) in [6.07, 6.45) is 5.34. The maximum Gasteiger partial charge on any atom is 0.253 e. The van der Waals surface area contributed by atoms with Gasteiger partial charge in [-0.05, 0) is 76.7 Å². The van der Waals surface area contributed by atoms with E-state index in [-0.39, 0.29) is 17.6 Å². The lowest BCUT2D eigenvalue weighted by molar-refractivity contribution is 0.203. The van der Waals surface area contributed by atoms with Crippen LogP contribution in [0.25, 0.3) is 10.9 Å². The van der Waals surface area contributed by atoms with Crippen molar-refractivity contribution < 1.29 is 0 Å². The Morgan fingerprint density at radius 3 is 2.71 bits per heavy atom. The predicted molar refractivity (Wildman–Crippen MR) is 151 cm³/mol. The highest BCUT2D eigenvalue weighted by Crippen LogP contribution is 2.35. The minimum absolute atomic E-state index is 0.0926. The van der Waals surface area contributed by atoms with Crippen molar-refractivity contribution in [2.24, 2.45) is 0 Å². The Morgan fingerprint density at radius 1 is 1.08 bits per heavy atom. The third kappa shape index (κ3) is 5.19. The van der Waals surface area contributed by atoms with Gasteiger partial charge in [0, 0.05) is 29.0 Å². The van der Waals surface area contributed by atoms with Crippen molar-refractivity contribution in [3.63, 3.8) is 0 Å². The van der Waals surface area contributed by atoms with Crippen LogP contribution in [0.1, 0.15) is 65.2 Å². The van der Waals surface area contributed by atoms with Crippen LogP contribution in [0.4, 0.5) is 0 Å². The number of hydrogen-bond acceptors (Lipinski definition) is 6. The number of thiophene rings is 1. The van der Waals surface area contributed by atoms with Crippen molar-refractivity contribution >= 4 is 22.2 Å². The number of fused-ring (bicyclic) bond motifs is 1. The van der Waals surface area contributed by atoms with Crippen LogP contribution in [-0.2, 0) is 13.0 Å². The minimum atomic E-state index is -0.383. The van der Waals surface area contributed by atoms with Crippen molar-refractivity contribution in [2.75, 3.05) is 6.54 Å². The summed E-state index contributed by atoms with van der Waals surface area (Å²) in [4.78, 5) is 20.5. The fourth-order valence-corrected chi connectivity index (χ4v) is 6.37. The fraction of sp³-hybridized carbons (Fsp3) is 0.333. The van der Waals surface area contributed by atoms with Crippen LogP contribution in [0.2, 0.25) is 0 Å².